The van der Waals surface area contributed by atoms with Crippen molar-refractivity contribution in [3.05, 3.63) is 22.4 Å². The molecule has 0 amide bonds. The predicted molar refractivity (Wildman–Crippen MR) is 89.6 cm³/mol. The van der Waals surface area contributed by atoms with Crippen LogP contribution in [0.1, 0.15) is 18.2 Å². The molecule has 1 unspecified atom stereocenters. The topological polar surface area (TPSA) is 36.4 Å². The zero-order valence-corrected chi connectivity index (χ0v) is 13.7. The molecule has 0 aliphatic carbocycles. The van der Waals surface area contributed by atoms with E-state index < -0.39 is 0 Å². The number of hydrogen-bond donors (Lipinski definition) is 2. The van der Waals surface area contributed by atoms with Gasteiger partial charge in [-0.25, -0.2) is 0 Å². The lowest BCUT2D eigenvalue weighted by Crippen LogP contribution is -2.40. The Hall–Kier alpha value is -0.680. The molecule has 108 valence electrons. The third-order valence-electron chi connectivity index (χ3n) is 2.79. The Kier molecular flexibility index (Phi) is 8.75. The fraction of sp³-hybridized carbons (Fsp3) is 0.643. The summed E-state index contributed by atoms with van der Waals surface area (Å²) < 4.78 is 0. The third kappa shape index (κ3) is 7.47. The molecule has 0 aliphatic heterocycles. The highest BCUT2D eigenvalue weighted by Gasteiger charge is 2.05. The Morgan fingerprint density at radius 3 is 2.95 bits per heavy atom. The van der Waals surface area contributed by atoms with Gasteiger partial charge in [0.25, 0.3) is 0 Å². The summed E-state index contributed by atoms with van der Waals surface area (Å²) in [4.78, 5) is 5.70. The standard InChI is InChI=1S/C14H25N3S2/c1-12(10-13-6-4-9-19-13)11-17-14(15-2)16-7-5-8-18-3/h4,6,9,12H,5,7-8,10-11H2,1-3H3,(H2,15,16,17). The molecule has 1 aromatic rings. The van der Waals surface area contributed by atoms with Crippen LogP contribution in [0.4, 0.5) is 0 Å². The lowest BCUT2D eigenvalue weighted by molar-refractivity contribution is 0.562. The minimum absolute atomic E-state index is 0.614. The number of aliphatic imine (C=N–C) groups is 1. The molecule has 0 fully saturated rings. The van der Waals surface area contributed by atoms with Crippen molar-refractivity contribution in [3.63, 3.8) is 0 Å². The first-order valence-electron chi connectivity index (χ1n) is 6.72. The molecular weight excluding hydrogens is 274 g/mol. The van der Waals surface area contributed by atoms with Crippen LogP contribution >= 0.6 is 23.1 Å². The van der Waals surface area contributed by atoms with E-state index in [0.717, 1.165) is 25.5 Å². The van der Waals surface area contributed by atoms with Crippen LogP contribution in [-0.2, 0) is 6.42 Å². The molecule has 0 aromatic carbocycles. The summed E-state index contributed by atoms with van der Waals surface area (Å²) >= 11 is 3.72. The second-order valence-corrected chi connectivity index (χ2v) is 6.63. The Balaban J connectivity index is 2.17. The summed E-state index contributed by atoms with van der Waals surface area (Å²) in [5.41, 5.74) is 0. The van der Waals surface area contributed by atoms with Crippen LogP contribution in [0.25, 0.3) is 0 Å². The minimum Gasteiger partial charge on any atom is -0.356 e. The lowest BCUT2D eigenvalue weighted by Gasteiger charge is -2.15. The first-order valence-corrected chi connectivity index (χ1v) is 8.99. The Bertz CT molecular complexity index is 350. The van der Waals surface area contributed by atoms with Gasteiger partial charge >= 0.3 is 0 Å². The highest BCUT2D eigenvalue weighted by atomic mass is 32.2. The van der Waals surface area contributed by atoms with E-state index in [9.17, 15) is 0 Å². The number of nitrogens with zero attached hydrogens (tertiary/aromatic N) is 1. The zero-order valence-electron chi connectivity index (χ0n) is 12.1. The lowest BCUT2D eigenvalue weighted by atomic mass is 10.1. The maximum absolute atomic E-state index is 4.24. The van der Waals surface area contributed by atoms with Gasteiger partial charge in [-0.2, -0.15) is 11.8 Å². The molecule has 5 heteroatoms. The summed E-state index contributed by atoms with van der Waals surface area (Å²) in [7, 11) is 1.83. The number of hydrogen-bond acceptors (Lipinski definition) is 3. The van der Waals surface area contributed by atoms with Gasteiger partial charge in [0, 0.05) is 25.0 Å². The Labute approximate surface area is 125 Å². The summed E-state index contributed by atoms with van der Waals surface area (Å²) in [6.07, 6.45) is 4.44. The molecule has 1 atom stereocenters. The van der Waals surface area contributed by atoms with Gasteiger partial charge in [0.2, 0.25) is 0 Å². The van der Waals surface area contributed by atoms with Crippen molar-refractivity contribution in [3.8, 4) is 0 Å². The summed E-state index contributed by atoms with van der Waals surface area (Å²) in [5, 5.41) is 8.88. The van der Waals surface area contributed by atoms with E-state index in [4.69, 9.17) is 0 Å². The van der Waals surface area contributed by atoms with Gasteiger partial charge in [-0.05, 0) is 42.2 Å². The van der Waals surface area contributed by atoms with E-state index in [1.165, 1.54) is 17.1 Å². The quantitative estimate of drug-likeness (QED) is 0.440. The van der Waals surface area contributed by atoms with Crippen LogP contribution in [0.5, 0.6) is 0 Å². The molecule has 1 rings (SSSR count). The van der Waals surface area contributed by atoms with Gasteiger partial charge in [0.15, 0.2) is 5.96 Å². The number of nitrogens with one attached hydrogen (secondary N) is 2. The van der Waals surface area contributed by atoms with Gasteiger partial charge in [-0.15, -0.1) is 11.3 Å². The number of thiophene rings is 1. The molecule has 0 saturated heterocycles. The van der Waals surface area contributed by atoms with E-state index in [-0.39, 0.29) is 0 Å². The third-order valence-corrected chi connectivity index (χ3v) is 4.38. The van der Waals surface area contributed by atoms with Crippen molar-refractivity contribution >= 4 is 29.1 Å². The molecule has 0 spiro atoms. The SMILES string of the molecule is CN=C(NCCCSC)NCC(C)Cc1cccs1. The molecular formula is C14H25N3S2. The highest BCUT2D eigenvalue weighted by Crippen LogP contribution is 2.13. The first-order chi connectivity index (χ1) is 9.26. The van der Waals surface area contributed by atoms with Crippen molar-refractivity contribution in [2.75, 3.05) is 32.1 Å². The number of thioether (sulfide) groups is 1. The van der Waals surface area contributed by atoms with Crippen LogP contribution in [0.15, 0.2) is 22.5 Å². The molecule has 1 aromatic heterocycles. The van der Waals surface area contributed by atoms with Crippen LogP contribution < -0.4 is 10.6 Å². The van der Waals surface area contributed by atoms with E-state index >= 15 is 0 Å². The molecule has 0 bridgehead atoms. The van der Waals surface area contributed by atoms with Gasteiger partial charge in [0.1, 0.15) is 0 Å². The molecule has 2 N–H and O–H groups in total. The largest absolute Gasteiger partial charge is 0.356 e. The van der Waals surface area contributed by atoms with Gasteiger partial charge in [-0.3, -0.25) is 4.99 Å². The van der Waals surface area contributed by atoms with Crippen LogP contribution in [0, 0.1) is 5.92 Å². The molecule has 19 heavy (non-hydrogen) atoms. The van der Waals surface area contributed by atoms with Gasteiger partial charge in [0.05, 0.1) is 0 Å². The van der Waals surface area contributed by atoms with E-state index in [1.807, 2.05) is 30.1 Å². The smallest absolute Gasteiger partial charge is 0.190 e. The average molecular weight is 300 g/mol. The number of rotatable bonds is 8. The minimum atomic E-state index is 0.614. The molecule has 0 aliphatic rings. The summed E-state index contributed by atoms with van der Waals surface area (Å²) in [6.45, 7) is 4.22. The summed E-state index contributed by atoms with van der Waals surface area (Å²) in [5.74, 6) is 2.72. The van der Waals surface area contributed by atoms with Crippen molar-refractivity contribution < 1.29 is 0 Å². The van der Waals surface area contributed by atoms with Crippen LogP contribution in [0.2, 0.25) is 0 Å². The molecule has 1 heterocycles. The fourth-order valence-electron chi connectivity index (χ4n) is 1.76. The van der Waals surface area contributed by atoms with Gasteiger partial charge < -0.3 is 10.6 Å². The highest BCUT2D eigenvalue weighted by molar-refractivity contribution is 7.98. The Morgan fingerprint density at radius 2 is 2.32 bits per heavy atom. The molecule has 0 saturated carbocycles. The van der Waals surface area contributed by atoms with Crippen molar-refractivity contribution in [2.45, 2.75) is 19.8 Å². The second kappa shape index (κ2) is 10.1. The Morgan fingerprint density at radius 1 is 1.47 bits per heavy atom. The monoisotopic (exact) mass is 299 g/mol. The first kappa shape index (κ1) is 16.4. The van der Waals surface area contributed by atoms with Crippen LogP contribution in [-0.4, -0.2) is 38.1 Å². The fourth-order valence-corrected chi connectivity index (χ4v) is 3.06. The van der Waals surface area contributed by atoms with E-state index in [1.54, 1.807) is 0 Å². The molecule has 0 radical (unpaired) electrons. The normalized spacial score (nSPS) is 13.3. The predicted octanol–water partition coefficient (Wildman–Crippen LogP) is 2.84. The van der Waals surface area contributed by atoms with Crippen molar-refractivity contribution in [2.24, 2.45) is 10.9 Å². The van der Waals surface area contributed by atoms with E-state index in [0.29, 0.717) is 5.92 Å². The van der Waals surface area contributed by atoms with E-state index in [2.05, 4.69) is 46.3 Å². The summed E-state index contributed by atoms with van der Waals surface area (Å²) in [6, 6.07) is 4.32. The van der Waals surface area contributed by atoms with Crippen LogP contribution in [0.3, 0.4) is 0 Å². The maximum Gasteiger partial charge on any atom is 0.190 e. The van der Waals surface area contributed by atoms with Gasteiger partial charge in [-0.1, -0.05) is 13.0 Å². The molecule has 3 nitrogen and oxygen atoms in total. The van der Waals surface area contributed by atoms with Crippen molar-refractivity contribution in [1.82, 2.24) is 10.6 Å². The maximum atomic E-state index is 4.24. The number of guanidine groups is 1. The second-order valence-electron chi connectivity index (χ2n) is 4.61. The van der Waals surface area contributed by atoms with Crippen molar-refractivity contribution in [1.29, 1.82) is 0 Å². The zero-order chi connectivity index (χ0) is 13.9. The average Bonchev–Trinajstić information content (AvgIpc) is 2.91.